The van der Waals surface area contributed by atoms with Crippen molar-refractivity contribution in [3.8, 4) is 5.75 Å². The number of aliphatic hydroxyl groups is 1. The maximum atomic E-state index is 13.0. The zero-order valence-corrected chi connectivity index (χ0v) is 12.8. The van der Waals surface area contributed by atoms with Gasteiger partial charge in [0.05, 0.1) is 0 Å². The molecule has 23 heavy (non-hydrogen) atoms. The van der Waals surface area contributed by atoms with E-state index in [2.05, 4.69) is 12.1 Å². The minimum atomic E-state index is -0.247. The minimum Gasteiger partial charge on any atom is -0.489 e. The van der Waals surface area contributed by atoms with E-state index >= 15 is 0 Å². The molecule has 0 fully saturated rings. The average molecular weight is 310 g/mol. The summed E-state index contributed by atoms with van der Waals surface area (Å²) >= 11 is 0. The molecule has 0 bridgehead atoms. The van der Waals surface area contributed by atoms with E-state index in [4.69, 9.17) is 9.84 Å². The number of halogens is 1. The topological polar surface area (TPSA) is 29.5 Å². The molecular formula is C20H19FO2. The number of ether oxygens (including phenoxy) is 1. The molecule has 1 N–H and O–H groups in total. The molecule has 3 aromatic carbocycles. The third-order valence-corrected chi connectivity index (χ3v) is 3.89. The molecule has 0 unspecified atom stereocenters. The molecule has 3 aromatic rings. The van der Waals surface area contributed by atoms with Crippen molar-refractivity contribution >= 4 is 10.8 Å². The van der Waals surface area contributed by atoms with Crippen LogP contribution in [0.2, 0.25) is 0 Å². The highest BCUT2D eigenvalue weighted by Gasteiger charge is 2.09. The Balaban J connectivity index is 1.87. The predicted octanol–water partition coefficient (Wildman–Crippen LogP) is 4.48. The number of hydrogen-bond acceptors (Lipinski definition) is 2. The summed E-state index contributed by atoms with van der Waals surface area (Å²) in [4.78, 5) is 0. The summed E-state index contributed by atoms with van der Waals surface area (Å²) in [5.41, 5.74) is 2.03. The van der Waals surface area contributed by atoms with E-state index in [0.29, 0.717) is 13.0 Å². The van der Waals surface area contributed by atoms with Gasteiger partial charge >= 0.3 is 0 Å². The van der Waals surface area contributed by atoms with E-state index in [1.165, 1.54) is 12.1 Å². The first kappa shape index (κ1) is 15.5. The van der Waals surface area contributed by atoms with Gasteiger partial charge in [0.25, 0.3) is 0 Å². The van der Waals surface area contributed by atoms with Gasteiger partial charge in [0, 0.05) is 12.2 Å². The molecule has 0 aliphatic carbocycles. The lowest BCUT2D eigenvalue weighted by Gasteiger charge is -2.14. The van der Waals surface area contributed by atoms with Crippen molar-refractivity contribution in [3.63, 3.8) is 0 Å². The third-order valence-electron chi connectivity index (χ3n) is 3.89. The molecule has 0 atom stereocenters. The predicted molar refractivity (Wildman–Crippen MR) is 90.1 cm³/mol. The van der Waals surface area contributed by atoms with Crippen LogP contribution >= 0.6 is 0 Å². The number of aryl methyl sites for hydroxylation is 1. The molecular weight excluding hydrogens is 291 g/mol. The van der Waals surface area contributed by atoms with E-state index in [0.717, 1.165) is 34.1 Å². The molecule has 0 saturated carbocycles. The highest BCUT2D eigenvalue weighted by Crippen LogP contribution is 2.30. The zero-order valence-electron chi connectivity index (χ0n) is 12.8. The second-order valence-electron chi connectivity index (χ2n) is 5.51. The van der Waals surface area contributed by atoms with Gasteiger partial charge in [-0.25, -0.2) is 4.39 Å². The molecule has 0 amide bonds. The van der Waals surface area contributed by atoms with Gasteiger partial charge in [0.15, 0.2) is 0 Å². The highest BCUT2D eigenvalue weighted by atomic mass is 19.1. The van der Waals surface area contributed by atoms with Crippen molar-refractivity contribution in [1.82, 2.24) is 0 Å². The van der Waals surface area contributed by atoms with E-state index in [-0.39, 0.29) is 12.4 Å². The van der Waals surface area contributed by atoms with Crippen LogP contribution in [0.5, 0.6) is 5.75 Å². The Morgan fingerprint density at radius 3 is 2.48 bits per heavy atom. The smallest absolute Gasteiger partial charge is 0.123 e. The van der Waals surface area contributed by atoms with Crippen LogP contribution in [0.1, 0.15) is 17.5 Å². The van der Waals surface area contributed by atoms with Crippen molar-refractivity contribution in [3.05, 3.63) is 77.6 Å². The maximum Gasteiger partial charge on any atom is 0.123 e. The molecule has 2 nitrogen and oxygen atoms in total. The van der Waals surface area contributed by atoms with Crippen LogP contribution < -0.4 is 4.74 Å². The van der Waals surface area contributed by atoms with Crippen molar-refractivity contribution in [2.24, 2.45) is 0 Å². The fourth-order valence-electron chi connectivity index (χ4n) is 2.71. The molecule has 0 aliphatic heterocycles. The molecule has 0 spiro atoms. The summed E-state index contributed by atoms with van der Waals surface area (Å²) in [6.45, 7) is 0.547. The normalized spacial score (nSPS) is 10.9. The number of benzene rings is 3. The van der Waals surface area contributed by atoms with Gasteiger partial charge in [-0.1, -0.05) is 42.5 Å². The lowest BCUT2D eigenvalue weighted by Crippen LogP contribution is -2.00. The summed E-state index contributed by atoms with van der Waals surface area (Å²) in [5.74, 6) is 0.574. The lowest BCUT2D eigenvalue weighted by molar-refractivity contribution is 0.284. The number of fused-ring (bicyclic) bond motifs is 1. The Bertz CT molecular complexity index is 781. The Morgan fingerprint density at radius 2 is 1.70 bits per heavy atom. The van der Waals surface area contributed by atoms with Gasteiger partial charge in [-0.05, 0) is 47.4 Å². The molecule has 0 aromatic heterocycles. The zero-order chi connectivity index (χ0) is 16.1. The van der Waals surface area contributed by atoms with Crippen LogP contribution in [0, 0.1) is 5.82 Å². The summed E-state index contributed by atoms with van der Waals surface area (Å²) in [6.07, 6.45) is 1.46. The fraction of sp³-hybridized carbons (Fsp3) is 0.200. The molecule has 3 heteroatoms. The van der Waals surface area contributed by atoms with Crippen LogP contribution in [0.15, 0.2) is 60.7 Å². The minimum absolute atomic E-state index is 0.153. The van der Waals surface area contributed by atoms with Crippen LogP contribution in [0.3, 0.4) is 0 Å². The monoisotopic (exact) mass is 310 g/mol. The van der Waals surface area contributed by atoms with Crippen LogP contribution in [-0.2, 0) is 13.0 Å². The summed E-state index contributed by atoms with van der Waals surface area (Å²) in [5, 5.41) is 11.5. The number of hydrogen-bond donors (Lipinski definition) is 1. The third kappa shape index (κ3) is 3.69. The second-order valence-corrected chi connectivity index (χ2v) is 5.51. The molecule has 118 valence electrons. The largest absolute Gasteiger partial charge is 0.489 e. The maximum absolute atomic E-state index is 13.0. The number of rotatable bonds is 6. The van der Waals surface area contributed by atoms with Gasteiger partial charge in [0.2, 0.25) is 0 Å². The van der Waals surface area contributed by atoms with Crippen LogP contribution in [0.25, 0.3) is 10.8 Å². The summed E-state index contributed by atoms with van der Waals surface area (Å²) in [7, 11) is 0. The molecule has 3 rings (SSSR count). The van der Waals surface area contributed by atoms with Crippen molar-refractivity contribution in [1.29, 1.82) is 0 Å². The molecule has 0 radical (unpaired) electrons. The van der Waals surface area contributed by atoms with Gasteiger partial charge in [-0.2, -0.15) is 0 Å². The van der Waals surface area contributed by atoms with Gasteiger partial charge in [-0.3, -0.25) is 0 Å². The molecule has 0 heterocycles. The average Bonchev–Trinajstić information content (AvgIpc) is 2.59. The van der Waals surface area contributed by atoms with Gasteiger partial charge in [-0.15, -0.1) is 0 Å². The summed E-state index contributed by atoms with van der Waals surface area (Å²) in [6, 6.07) is 18.5. The molecule has 0 saturated heterocycles. The second kappa shape index (κ2) is 7.25. The molecule has 0 aliphatic rings. The SMILES string of the molecule is OCCCc1c(OCc2ccc(F)cc2)ccc2ccccc12. The van der Waals surface area contributed by atoms with E-state index in [9.17, 15) is 4.39 Å². The van der Waals surface area contributed by atoms with E-state index in [1.807, 2.05) is 24.3 Å². The van der Waals surface area contributed by atoms with Crippen molar-refractivity contribution in [2.75, 3.05) is 6.61 Å². The van der Waals surface area contributed by atoms with Crippen LogP contribution in [0.4, 0.5) is 4.39 Å². The Hall–Kier alpha value is -2.39. The summed E-state index contributed by atoms with van der Waals surface area (Å²) < 4.78 is 18.9. The Kier molecular flexibility index (Phi) is 4.89. The standard InChI is InChI=1S/C20H19FO2/c21-17-10-7-15(8-11-17)14-23-20-12-9-16-4-1-2-5-18(16)19(20)6-3-13-22/h1-2,4-5,7-12,22H,3,6,13-14H2. The quantitative estimate of drug-likeness (QED) is 0.727. The van der Waals surface area contributed by atoms with Crippen molar-refractivity contribution in [2.45, 2.75) is 19.4 Å². The Morgan fingerprint density at radius 1 is 0.913 bits per heavy atom. The lowest BCUT2D eigenvalue weighted by atomic mass is 10.00. The Labute approximate surface area is 135 Å². The highest BCUT2D eigenvalue weighted by molar-refractivity contribution is 5.87. The first-order valence-electron chi connectivity index (χ1n) is 7.76. The number of aliphatic hydroxyl groups excluding tert-OH is 1. The first-order chi connectivity index (χ1) is 11.3. The van der Waals surface area contributed by atoms with E-state index in [1.54, 1.807) is 12.1 Å². The van der Waals surface area contributed by atoms with Gasteiger partial charge < -0.3 is 9.84 Å². The van der Waals surface area contributed by atoms with Crippen LogP contribution in [-0.4, -0.2) is 11.7 Å². The first-order valence-corrected chi connectivity index (χ1v) is 7.76. The van der Waals surface area contributed by atoms with Gasteiger partial charge in [0.1, 0.15) is 18.2 Å². The van der Waals surface area contributed by atoms with E-state index < -0.39 is 0 Å². The van der Waals surface area contributed by atoms with Crippen molar-refractivity contribution < 1.29 is 14.2 Å². The fourth-order valence-corrected chi connectivity index (χ4v) is 2.71.